The molecule has 0 spiro atoms. The SMILES string of the molecule is CCOc1ccccc1-n1nnnc1SC(C)C(=O)Nc1sc2c(c1C#N)CCCCC2. The maximum absolute atomic E-state index is 13.0. The molecule has 1 aromatic carbocycles. The van der Waals surface area contributed by atoms with Gasteiger partial charge in [-0.2, -0.15) is 9.94 Å². The third kappa shape index (κ3) is 4.64. The molecule has 1 atom stereocenters. The number of thioether (sulfide) groups is 1. The Hall–Kier alpha value is -2.90. The second-order valence-electron chi connectivity index (χ2n) is 7.40. The summed E-state index contributed by atoms with van der Waals surface area (Å²) in [6.07, 6.45) is 5.28. The van der Waals surface area contributed by atoms with Crippen molar-refractivity contribution in [1.29, 1.82) is 5.26 Å². The lowest BCUT2D eigenvalue weighted by atomic mass is 10.1. The van der Waals surface area contributed by atoms with Gasteiger partial charge in [0.15, 0.2) is 0 Å². The summed E-state index contributed by atoms with van der Waals surface area (Å²) in [6, 6.07) is 9.80. The van der Waals surface area contributed by atoms with E-state index >= 15 is 0 Å². The summed E-state index contributed by atoms with van der Waals surface area (Å²) in [5.41, 5.74) is 2.44. The number of amides is 1. The first-order valence-electron chi connectivity index (χ1n) is 10.6. The number of thiophene rings is 1. The Morgan fingerprint density at radius 2 is 2.16 bits per heavy atom. The lowest BCUT2D eigenvalue weighted by molar-refractivity contribution is -0.115. The molecule has 1 aliphatic rings. The highest BCUT2D eigenvalue weighted by molar-refractivity contribution is 8.00. The van der Waals surface area contributed by atoms with Gasteiger partial charge in [0, 0.05) is 4.88 Å². The van der Waals surface area contributed by atoms with Crippen molar-refractivity contribution in [2.45, 2.75) is 56.4 Å². The molecule has 0 aliphatic heterocycles. The molecule has 2 heterocycles. The molecule has 1 N–H and O–H groups in total. The number of para-hydroxylation sites is 2. The minimum atomic E-state index is -0.465. The van der Waals surface area contributed by atoms with E-state index in [1.165, 1.54) is 34.4 Å². The molecule has 32 heavy (non-hydrogen) atoms. The quantitative estimate of drug-likeness (QED) is 0.405. The van der Waals surface area contributed by atoms with Crippen LogP contribution in [-0.2, 0) is 17.6 Å². The third-order valence-electron chi connectivity index (χ3n) is 5.26. The average molecular weight is 469 g/mol. The van der Waals surface area contributed by atoms with E-state index in [1.807, 2.05) is 31.2 Å². The van der Waals surface area contributed by atoms with Crippen molar-refractivity contribution in [2.24, 2.45) is 0 Å². The zero-order valence-corrected chi connectivity index (χ0v) is 19.6. The summed E-state index contributed by atoms with van der Waals surface area (Å²) in [7, 11) is 0. The number of ether oxygens (including phenoxy) is 1. The van der Waals surface area contributed by atoms with Crippen molar-refractivity contribution in [1.82, 2.24) is 20.2 Å². The minimum absolute atomic E-state index is 0.185. The Morgan fingerprint density at radius 1 is 1.34 bits per heavy atom. The van der Waals surface area contributed by atoms with Crippen LogP contribution < -0.4 is 10.1 Å². The van der Waals surface area contributed by atoms with Gasteiger partial charge in [0.05, 0.1) is 17.4 Å². The number of nitrogens with zero attached hydrogens (tertiary/aromatic N) is 5. The largest absolute Gasteiger partial charge is 0.492 e. The van der Waals surface area contributed by atoms with Crippen molar-refractivity contribution in [2.75, 3.05) is 11.9 Å². The van der Waals surface area contributed by atoms with Gasteiger partial charge in [0.1, 0.15) is 22.5 Å². The number of hydrogen-bond donors (Lipinski definition) is 1. The first-order valence-corrected chi connectivity index (χ1v) is 12.3. The third-order valence-corrected chi connectivity index (χ3v) is 7.50. The predicted octanol–water partition coefficient (Wildman–Crippen LogP) is 4.38. The Labute approximate surface area is 195 Å². The van der Waals surface area contributed by atoms with E-state index in [1.54, 1.807) is 11.6 Å². The first-order chi connectivity index (χ1) is 15.6. The number of carbonyl (C=O) groups is 1. The van der Waals surface area contributed by atoms with Crippen LogP contribution in [0.25, 0.3) is 5.69 Å². The van der Waals surface area contributed by atoms with Gasteiger partial charge in [-0.3, -0.25) is 4.79 Å². The number of tetrazole rings is 1. The van der Waals surface area contributed by atoms with Gasteiger partial charge in [-0.05, 0) is 67.7 Å². The smallest absolute Gasteiger partial charge is 0.238 e. The highest BCUT2D eigenvalue weighted by Crippen LogP contribution is 2.37. The zero-order valence-electron chi connectivity index (χ0n) is 18.0. The van der Waals surface area contributed by atoms with Crippen LogP contribution in [0.3, 0.4) is 0 Å². The van der Waals surface area contributed by atoms with E-state index in [-0.39, 0.29) is 5.91 Å². The lowest BCUT2D eigenvalue weighted by Gasteiger charge is -2.13. The molecule has 0 bridgehead atoms. The number of anilines is 1. The number of carbonyl (C=O) groups excluding carboxylic acids is 1. The molecule has 1 amide bonds. The molecule has 3 aromatic rings. The van der Waals surface area contributed by atoms with E-state index in [9.17, 15) is 10.1 Å². The summed E-state index contributed by atoms with van der Waals surface area (Å²) in [6.45, 7) is 4.24. The van der Waals surface area contributed by atoms with Crippen LogP contribution in [0.15, 0.2) is 29.4 Å². The summed E-state index contributed by atoms with van der Waals surface area (Å²) in [4.78, 5) is 14.2. The van der Waals surface area contributed by atoms with E-state index < -0.39 is 5.25 Å². The van der Waals surface area contributed by atoms with Crippen molar-refractivity contribution in [3.8, 4) is 17.5 Å². The second kappa shape index (κ2) is 10.1. The number of fused-ring (bicyclic) bond motifs is 1. The molecule has 10 heteroatoms. The van der Waals surface area contributed by atoms with Crippen LogP contribution in [-0.4, -0.2) is 38.0 Å². The van der Waals surface area contributed by atoms with Crippen molar-refractivity contribution < 1.29 is 9.53 Å². The fourth-order valence-electron chi connectivity index (χ4n) is 3.69. The fourth-order valence-corrected chi connectivity index (χ4v) is 5.73. The Bertz CT molecular complexity index is 1150. The molecular weight excluding hydrogens is 444 g/mol. The average Bonchev–Trinajstić information content (AvgIpc) is 3.30. The number of rotatable bonds is 7. The Balaban J connectivity index is 1.51. The second-order valence-corrected chi connectivity index (χ2v) is 9.82. The van der Waals surface area contributed by atoms with Gasteiger partial charge in [-0.25, -0.2) is 0 Å². The molecule has 0 fully saturated rings. The number of benzene rings is 1. The van der Waals surface area contributed by atoms with Crippen LogP contribution in [0.5, 0.6) is 5.75 Å². The number of aromatic nitrogens is 4. The summed E-state index contributed by atoms with van der Waals surface area (Å²) < 4.78 is 7.26. The molecule has 1 unspecified atom stereocenters. The van der Waals surface area contributed by atoms with E-state index in [4.69, 9.17) is 4.74 Å². The lowest BCUT2D eigenvalue weighted by Crippen LogP contribution is -2.23. The zero-order chi connectivity index (χ0) is 22.5. The fraction of sp³-hybridized carbons (Fsp3) is 0.409. The molecule has 4 rings (SSSR count). The van der Waals surface area contributed by atoms with E-state index in [2.05, 4.69) is 26.9 Å². The van der Waals surface area contributed by atoms with E-state index in [0.717, 1.165) is 31.2 Å². The van der Waals surface area contributed by atoms with Crippen LogP contribution in [0.2, 0.25) is 0 Å². The van der Waals surface area contributed by atoms with Gasteiger partial charge in [0.2, 0.25) is 11.1 Å². The topological polar surface area (TPSA) is 106 Å². The highest BCUT2D eigenvalue weighted by atomic mass is 32.2. The highest BCUT2D eigenvalue weighted by Gasteiger charge is 2.25. The standard InChI is InChI=1S/C22H24N6O2S2/c1-3-30-18-11-8-7-10-17(18)28-22(25-26-27-28)31-14(2)20(29)24-21-16(13-23)15-9-5-4-6-12-19(15)32-21/h7-8,10-11,14H,3-6,9,12H2,1-2H3,(H,24,29). The molecular formula is C22H24N6O2S2. The van der Waals surface area contributed by atoms with E-state index in [0.29, 0.717) is 33.8 Å². The summed E-state index contributed by atoms with van der Waals surface area (Å²) in [5.74, 6) is 0.482. The predicted molar refractivity (Wildman–Crippen MR) is 125 cm³/mol. The molecule has 1 aliphatic carbocycles. The van der Waals surface area contributed by atoms with Crippen LogP contribution in [0, 0.1) is 11.3 Å². The number of hydrogen-bond acceptors (Lipinski definition) is 8. The number of nitriles is 1. The molecule has 0 saturated heterocycles. The Morgan fingerprint density at radius 3 is 2.97 bits per heavy atom. The van der Waals surface area contributed by atoms with Crippen LogP contribution in [0.4, 0.5) is 5.00 Å². The summed E-state index contributed by atoms with van der Waals surface area (Å²) in [5, 5.41) is 25.3. The molecule has 8 nitrogen and oxygen atoms in total. The van der Waals surface area contributed by atoms with Gasteiger partial charge in [-0.1, -0.05) is 30.3 Å². The van der Waals surface area contributed by atoms with Crippen molar-refractivity contribution >= 4 is 34.0 Å². The first kappa shape index (κ1) is 22.3. The molecule has 0 radical (unpaired) electrons. The molecule has 0 saturated carbocycles. The van der Waals surface area contributed by atoms with Gasteiger partial charge in [-0.15, -0.1) is 16.4 Å². The van der Waals surface area contributed by atoms with Crippen LogP contribution in [0.1, 0.15) is 49.1 Å². The minimum Gasteiger partial charge on any atom is -0.492 e. The molecule has 166 valence electrons. The van der Waals surface area contributed by atoms with Crippen LogP contribution >= 0.6 is 23.1 Å². The van der Waals surface area contributed by atoms with Gasteiger partial charge >= 0.3 is 0 Å². The monoisotopic (exact) mass is 468 g/mol. The summed E-state index contributed by atoms with van der Waals surface area (Å²) >= 11 is 2.79. The molecule has 2 aromatic heterocycles. The van der Waals surface area contributed by atoms with Crippen molar-refractivity contribution in [3.05, 3.63) is 40.3 Å². The maximum Gasteiger partial charge on any atom is 0.238 e. The number of nitrogens with one attached hydrogen (secondary N) is 1. The maximum atomic E-state index is 13.0. The Kier molecular flexibility index (Phi) is 7.07. The normalized spacial score (nSPS) is 14.2. The number of aryl methyl sites for hydroxylation is 1. The van der Waals surface area contributed by atoms with Gasteiger partial charge in [0.25, 0.3) is 0 Å². The van der Waals surface area contributed by atoms with Gasteiger partial charge < -0.3 is 10.1 Å². The van der Waals surface area contributed by atoms with Crippen molar-refractivity contribution in [3.63, 3.8) is 0 Å².